The van der Waals surface area contributed by atoms with Gasteiger partial charge in [-0.15, -0.1) is 0 Å². The lowest BCUT2D eigenvalue weighted by Gasteiger charge is -2.06. The quantitative estimate of drug-likeness (QED) is 0.0371. The van der Waals surface area contributed by atoms with Crippen molar-refractivity contribution in [2.75, 3.05) is 6.61 Å². The zero-order valence-corrected chi connectivity index (χ0v) is 32.9. The van der Waals surface area contributed by atoms with E-state index < -0.39 is 0 Å². The average Bonchev–Trinajstić information content (AvgIpc) is 3.06. The summed E-state index contributed by atoms with van der Waals surface area (Å²) in [6, 6.07) is 0. The maximum Gasteiger partial charge on any atom is 0.305 e. The number of allylic oxidation sites excluding steroid dienone is 2. The van der Waals surface area contributed by atoms with E-state index in [-0.39, 0.29) is 5.97 Å². The summed E-state index contributed by atoms with van der Waals surface area (Å²) in [5.74, 6) is 0.909. The van der Waals surface area contributed by atoms with Crippen molar-refractivity contribution in [1.29, 1.82) is 0 Å². The van der Waals surface area contributed by atoms with Gasteiger partial charge in [0.2, 0.25) is 0 Å². The summed E-state index contributed by atoms with van der Waals surface area (Å²) in [5.41, 5.74) is 0. The minimum atomic E-state index is 0.0262. The molecule has 0 aromatic heterocycles. The van der Waals surface area contributed by atoms with E-state index in [4.69, 9.17) is 4.74 Å². The van der Waals surface area contributed by atoms with E-state index in [0.717, 1.165) is 18.8 Å². The molecule has 0 saturated heterocycles. The number of carbonyl (C=O) groups excluding carboxylic acids is 1. The average molecular weight is 661 g/mol. The Morgan fingerprint density at radius 3 is 1.13 bits per heavy atom. The van der Waals surface area contributed by atoms with Gasteiger partial charge in [0, 0.05) is 6.42 Å². The molecule has 0 N–H and O–H groups in total. The van der Waals surface area contributed by atoms with E-state index in [1.807, 2.05) is 0 Å². The Morgan fingerprint density at radius 1 is 0.426 bits per heavy atom. The Hall–Kier alpha value is -0.790. The zero-order valence-electron chi connectivity index (χ0n) is 32.9. The molecule has 0 aromatic rings. The predicted octanol–water partition coefficient (Wildman–Crippen LogP) is 16.2. The van der Waals surface area contributed by atoms with Crippen LogP contribution >= 0.6 is 0 Å². The Bertz CT molecular complexity index is 609. The molecule has 0 fully saturated rings. The summed E-state index contributed by atoms with van der Waals surface area (Å²) in [5, 5.41) is 0. The van der Waals surface area contributed by atoms with E-state index in [9.17, 15) is 4.79 Å². The number of hydrogen-bond donors (Lipinski definition) is 0. The van der Waals surface area contributed by atoms with Gasteiger partial charge in [0.25, 0.3) is 0 Å². The van der Waals surface area contributed by atoms with Crippen LogP contribution in [-0.2, 0) is 9.53 Å². The van der Waals surface area contributed by atoms with Gasteiger partial charge in [-0.05, 0) is 44.4 Å². The first kappa shape index (κ1) is 46.2. The maximum absolute atomic E-state index is 12.0. The fraction of sp³-hybridized carbons (Fsp3) is 0.933. The highest BCUT2D eigenvalue weighted by Crippen LogP contribution is 2.16. The fourth-order valence-corrected chi connectivity index (χ4v) is 6.79. The largest absolute Gasteiger partial charge is 0.466 e. The van der Waals surface area contributed by atoms with Crippen molar-refractivity contribution in [3.8, 4) is 0 Å². The van der Waals surface area contributed by atoms with E-state index in [0.29, 0.717) is 13.0 Å². The third-order valence-electron chi connectivity index (χ3n) is 10.1. The molecule has 0 aromatic carbocycles. The molecule has 47 heavy (non-hydrogen) atoms. The SMILES string of the molecule is CCCCCCC=CCCCCCCCCCCCC(=O)OCCCCCCCCCCCCCCCCCCCCCCC(C)C. The zero-order chi connectivity index (χ0) is 34.1. The first-order chi connectivity index (χ1) is 23.2. The number of rotatable bonds is 40. The number of esters is 1. The van der Waals surface area contributed by atoms with Gasteiger partial charge in [0.15, 0.2) is 0 Å². The van der Waals surface area contributed by atoms with Crippen molar-refractivity contribution >= 4 is 5.97 Å². The molecular formula is C45H88O2. The minimum absolute atomic E-state index is 0.0262. The first-order valence-corrected chi connectivity index (χ1v) is 22.0. The van der Waals surface area contributed by atoms with Crippen molar-refractivity contribution in [2.24, 2.45) is 5.92 Å². The second-order valence-electron chi connectivity index (χ2n) is 15.5. The third-order valence-corrected chi connectivity index (χ3v) is 10.1. The smallest absolute Gasteiger partial charge is 0.305 e. The van der Waals surface area contributed by atoms with Crippen LogP contribution in [-0.4, -0.2) is 12.6 Å². The fourth-order valence-electron chi connectivity index (χ4n) is 6.79. The van der Waals surface area contributed by atoms with Crippen LogP contribution in [0.4, 0.5) is 0 Å². The van der Waals surface area contributed by atoms with Gasteiger partial charge in [-0.1, -0.05) is 226 Å². The Kier molecular flexibility index (Phi) is 40.7. The van der Waals surface area contributed by atoms with E-state index in [1.165, 1.54) is 218 Å². The number of hydrogen-bond acceptors (Lipinski definition) is 2. The topological polar surface area (TPSA) is 26.3 Å². The molecule has 0 amide bonds. The number of carbonyl (C=O) groups is 1. The van der Waals surface area contributed by atoms with E-state index in [2.05, 4.69) is 32.9 Å². The van der Waals surface area contributed by atoms with Crippen LogP contribution in [0.1, 0.15) is 258 Å². The van der Waals surface area contributed by atoms with Crippen molar-refractivity contribution in [2.45, 2.75) is 258 Å². The summed E-state index contributed by atoms with van der Waals surface area (Å²) >= 11 is 0. The van der Waals surface area contributed by atoms with Crippen LogP contribution in [0.2, 0.25) is 0 Å². The van der Waals surface area contributed by atoms with Crippen LogP contribution in [0, 0.1) is 5.92 Å². The summed E-state index contributed by atoms with van der Waals surface area (Å²) in [6.07, 6.45) is 54.5. The van der Waals surface area contributed by atoms with Crippen LogP contribution in [0.3, 0.4) is 0 Å². The van der Waals surface area contributed by atoms with Crippen molar-refractivity contribution in [1.82, 2.24) is 0 Å². The van der Waals surface area contributed by atoms with Crippen LogP contribution in [0.25, 0.3) is 0 Å². The molecule has 0 aliphatic carbocycles. The molecule has 0 heterocycles. The molecule has 0 atom stereocenters. The molecule has 0 spiro atoms. The molecule has 0 aliphatic rings. The van der Waals surface area contributed by atoms with Crippen LogP contribution in [0.5, 0.6) is 0 Å². The Morgan fingerprint density at radius 2 is 0.745 bits per heavy atom. The molecule has 0 saturated carbocycles. The molecule has 2 heteroatoms. The number of unbranched alkanes of at least 4 members (excludes halogenated alkanes) is 32. The predicted molar refractivity (Wildman–Crippen MR) is 211 cm³/mol. The van der Waals surface area contributed by atoms with Gasteiger partial charge in [-0.3, -0.25) is 4.79 Å². The molecule has 0 rings (SSSR count). The van der Waals surface area contributed by atoms with Crippen LogP contribution < -0.4 is 0 Å². The van der Waals surface area contributed by atoms with Gasteiger partial charge in [-0.25, -0.2) is 0 Å². The lowest BCUT2D eigenvalue weighted by Crippen LogP contribution is -2.05. The highest BCUT2D eigenvalue weighted by Gasteiger charge is 2.03. The second kappa shape index (κ2) is 41.4. The second-order valence-corrected chi connectivity index (χ2v) is 15.5. The lowest BCUT2D eigenvalue weighted by atomic mass is 10.0. The molecular weight excluding hydrogens is 572 g/mol. The Balaban J connectivity index is 3.17. The maximum atomic E-state index is 12.0. The third kappa shape index (κ3) is 43.2. The van der Waals surface area contributed by atoms with Crippen molar-refractivity contribution in [3.63, 3.8) is 0 Å². The van der Waals surface area contributed by atoms with Gasteiger partial charge in [-0.2, -0.15) is 0 Å². The molecule has 0 aliphatic heterocycles. The van der Waals surface area contributed by atoms with Crippen LogP contribution in [0.15, 0.2) is 12.2 Å². The Labute approximate surface area is 297 Å². The van der Waals surface area contributed by atoms with E-state index >= 15 is 0 Å². The molecule has 0 bridgehead atoms. The lowest BCUT2D eigenvalue weighted by molar-refractivity contribution is -0.143. The molecule has 2 nitrogen and oxygen atoms in total. The van der Waals surface area contributed by atoms with Gasteiger partial charge < -0.3 is 4.74 Å². The first-order valence-electron chi connectivity index (χ1n) is 22.0. The van der Waals surface area contributed by atoms with Gasteiger partial charge in [0.1, 0.15) is 0 Å². The van der Waals surface area contributed by atoms with Gasteiger partial charge >= 0.3 is 5.97 Å². The summed E-state index contributed by atoms with van der Waals surface area (Å²) in [4.78, 5) is 12.0. The number of ether oxygens (including phenoxy) is 1. The standard InChI is InChI=1S/C45H88O2/c1-4-5-6-7-8-9-10-11-12-17-21-24-27-30-33-36-39-42-45(46)47-43-40-37-34-31-28-25-22-19-16-14-13-15-18-20-23-26-29-32-35-38-41-44(2)3/h9-10,44H,4-8,11-43H2,1-3H3. The van der Waals surface area contributed by atoms with Crippen molar-refractivity contribution in [3.05, 3.63) is 12.2 Å². The normalized spacial score (nSPS) is 11.7. The van der Waals surface area contributed by atoms with Crippen molar-refractivity contribution < 1.29 is 9.53 Å². The molecule has 280 valence electrons. The monoisotopic (exact) mass is 661 g/mol. The minimum Gasteiger partial charge on any atom is -0.466 e. The highest BCUT2D eigenvalue weighted by atomic mass is 16.5. The molecule has 0 radical (unpaired) electrons. The highest BCUT2D eigenvalue weighted by molar-refractivity contribution is 5.69. The van der Waals surface area contributed by atoms with E-state index in [1.54, 1.807) is 0 Å². The summed E-state index contributed by atoms with van der Waals surface area (Å²) in [6.45, 7) is 7.59. The molecule has 0 unspecified atom stereocenters. The summed E-state index contributed by atoms with van der Waals surface area (Å²) < 4.78 is 5.47. The summed E-state index contributed by atoms with van der Waals surface area (Å²) in [7, 11) is 0. The van der Waals surface area contributed by atoms with Gasteiger partial charge in [0.05, 0.1) is 6.61 Å².